The van der Waals surface area contributed by atoms with Gasteiger partial charge in [0.25, 0.3) is 0 Å². The number of hydrogen-bond acceptors (Lipinski definition) is 4. The molecule has 0 atom stereocenters. The molecule has 0 amide bonds. The summed E-state index contributed by atoms with van der Waals surface area (Å²) in [4.78, 5) is 25.3. The molecule has 0 bridgehead atoms. The summed E-state index contributed by atoms with van der Waals surface area (Å²) in [6.07, 6.45) is 3.72. The fraction of sp³-hybridized carbons (Fsp3) is 0.0769. The smallest absolute Gasteiger partial charge is 0.343 e. The number of fused-ring (bicyclic) bond motifs is 2. The largest absolute Gasteiger partial charge is 0.452 e. The average molecular weight is 409 g/mol. The van der Waals surface area contributed by atoms with Gasteiger partial charge >= 0.3 is 5.97 Å². The Hall–Kier alpha value is -4.12. The van der Waals surface area contributed by atoms with Gasteiger partial charge in [-0.15, -0.1) is 0 Å². The van der Waals surface area contributed by atoms with Crippen LogP contribution in [0.3, 0.4) is 0 Å². The number of ketones is 1. The number of para-hydroxylation sites is 1. The molecule has 3 aromatic carbocycles. The van der Waals surface area contributed by atoms with Crippen LogP contribution < -0.4 is 9.47 Å². The minimum Gasteiger partial charge on any atom is -0.452 e. The van der Waals surface area contributed by atoms with Gasteiger partial charge in [0.1, 0.15) is 11.5 Å². The van der Waals surface area contributed by atoms with Crippen LogP contribution in [0.1, 0.15) is 31.8 Å². The fourth-order valence-electron chi connectivity index (χ4n) is 3.82. The highest BCUT2D eigenvalue weighted by Gasteiger charge is 2.28. The van der Waals surface area contributed by atoms with Crippen molar-refractivity contribution < 1.29 is 19.1 Å². The lowest BCUT2D eigenvalue weighted by Gasteiger charge is -2.07. The summed E-state index contributed by atoms with van der Waals surface area (Å²) in [5, 5.41) is 1.04. The Balaban J connectivity index is 1.43. The van der Waals surface area contributed by atoms with Gasteiger partial charge in [-0.1, -0.05) is 36.4 Å². The lowest BCUT2D eigenvalue weighted by atomic mass is 10.1. The van der Waals surface area contributed by atoms with Gasteiger partial charge in [0.05, 0.1) is 11.1 Å². The van der Waals surface area contributed by atoms with Gasteiger partial charge in [-0.2, -0.15) is 0 Å². The molecule has 0 spiro atoms. The molecule has 1 aromatic heterocycles. The van der Waals surface area contributed by atoms with Gasteiger partial charge in [0, 0.05) is 35.8 Å². The number of ether oxygens (including phenoxy) is 2. The first-order chi connectivity index (χ1) is 15.0. The average Bonchev–Trinajstić information content (AvgIpc) is 3.25. The third-order valence-electron chi connectivity index (χ3n) is 5.43. The molecule has 0 saturated carbocycles. The number of allylic oxidation sites excluding steroid dienone is 1. The number of hydrogen-bond donors (Lipinski definition) is 0. The first-order valence-corrected chi connectivity index (χ1v) is 9.91. The zero-order chi connectivity index (χ0) is 21.5. The zero-order valence-corrected chi connectivity index (χ0v) is 17.1. The molecule has 0 aliphatic carbocycles. The molecule has 5 rings (SSSR count). The SMILES string of the molecule is Cc1ccccc1C(=O)Oc1ccc2c(c1)OC(=Cc1cn(C)c3ccccc13)C2=O. The van der Waals surface area contributed by atoms with Crippen LogP contribution in [0.25, 0.3) is 17.0 Å². The van der Waals surface area contributed by atoms with E-state index in [1.807, 2.05) is 61.1 Å². The van der Waals surface area contributed by atoms with Gasteiger partial charge in [-0.25, -0.2) is 4.79 Å². The molecule has 31 heavy (non-hydrogen) atoms. The molecule has 1 aliphatic rings. The van der Waals surface area contributed by atoms with Crippen molar-refractivity contribution in [3.05, 3.63) is 101 Å². The maximum Gasteiger partial charge on any atom is 0.343 e. The number of esters is 1. The normalized spacial score (nSPS) is 14.0. The van der Waals surface area contributed by atoms with Crippen molar-refractivity contribution in [2.45, 2.75) is 6.92 Å². The highest BCUT2D eigenvalue weighted by molar-refractivity contribution is 6.15. The first-order valence-electron chi connectivity index (χ1n) is 9.91. The molecule has 0 saturated heterocycles. The maximum atomic E-state index is 12.8. The number of Topliss-reactive ketones (excluding diaryl/α,β-unsaturated/α-hetero) is 1. The van der Waals surface area contributed by atoms with Crippen molar-refractivity contribution in [2.24, 2.45) is 7.05 Å². The Labute approximate surface area is 179 Å². The minimum atomic E-state index is -0.450. The van der Waals surface area contributed by atoms with E-state index in [1.54, 1.807) is 36.4 Å². The molecule has 0 N–H and O–H groups in total. The number of benzene rings is 3. The third kappa shape index (κ3) is 3.30. The first kappa shape index (κ1) is 18.9. The minimum absolute atomic E-state index is 0.195. The van der Waals surface area contributed by atoms with Crippen LogP contribution >= 0.6 is 0 Å². The fourth-order valence-corrected chi connectivity index (χ4v) is 3.82. The summed E-state index contributed by atoms with van der Waals surface area (Å²) in [6.45, 7) is 1.85. The standard InChI is InChI=1S/C26H19NO4/c1-16-7-3-4-8-19(16)26(29)30-18-11-12-21-23(14-18)31-24(25(21)28)13-17-15-27(2)22-10-6-5-9-20(17)22/h3-15H,1-2H3. The summed E-state index contributed by atoms with van der Waals surface area (Å²) < 4.78 is 13.4. The van der Waals surface area contributed by atoms with Crippen molar-refractivity contribution in [1.82, 2.24) is 4.57 Å². The Kier molecular flexibility index (Phi) is 4.44. The third-order valence-corrected chi connectivity index (χ3v) is 5.43. The van der Waals surface area contributed by atoms with Crippen LogP contribution in [0.2, 0.25) is 0 Å². The molecule has 0 radical (unpaired) electrons. The predicted octanol–water partition coefficient (Wildman–Crippen LogP) is 5.32. The van der Waals surface area contributed by atoms with Crippen LogP contribution in [0.15, 0.2) is 78.7 Å². The van der Waals surface area contributed by atoms with Gasteiger partial charge in [-0.3, -0.25) is 4.79 Å². The summed E-state index contributed by atoms with van der Waals surface area (Å²) >= 11 is 0. The van der Waals surface area contributed by atoms with Gasteiger partial charge in [0.2, 0.25) is 5.78 Å². The topological polar surface area (TPSA) is 57.5 Å². The highest BCUT2D eigenvalue weighted by atomic mass is 16.5. The second-order valence-corrected chi connectivity index (χ2v) is 7.51. The summed E-state index contributed by atoms with van der Waals surface area (Å²) in [5.74, 6) is 0.306. The van der Waals surface area contributed by atoms with Crippen molar-refractivity contribution in [1.29, 1.82) is 0 Å². The molecule has 152 valence electrons. The van der Waals surface area contributed by atoms with E-state index in [1.165, 1.54) is 0 Å². The summed E-state index contributed by atoms with van der Waals surface area (Å²) in [7, 11) is 1.96. The van der Waals surface area contributed by atoms with E-state index in [0.717, 1.165) is 22.0 Å². The number of nitrogens with zero attached hydrogens (tertiary/aromatic N) is 1. The number of aryl methyl sites for hydroxylation is 2. The lowest BCUT2D eigenvalue weighted by Crippen LogP contribution is -2.10. The Morgan fingerprint density at radius 2 is 1.81 bits per heavy atom. The molecule has 5 heteroatoms. The van der Waals surface area contributed by atoms with Crippen molar-refractivity contribution in [3.8, 4) is 11.5 Å². The van der Waals surface area contributed by atoms with Crippen LogP contribution in [-0.4, -0.2) is 16.3 Å². The lowest BCUT2D eigenvalue weighted by molar-refractivity contribution is 0.0733. The quantitative estimate of drug-likeness (QED) is 0.261. The molecule has 2 heterocycles. The molecule has 0 unspecified atom stereocenters. The molecule has 4 aromatic rings. The van der Waals surface area contributed by atoms with Crippen molar-refractivity contribution >= 4 is 28.7 Å². The van der Waals surface area contributed by atoms with Crippen molar-refractivity contribution in [2.75, 3.05) is 0 Å². The van der Waals surface area contributed by atoms with E-state index in [9.17, 15) is 9.59 Å². The van der Waals surface area contributed by atoms with Crippen LogP contribution in [0.4, 0.5) is 0 Å². The van der Waals surface area contributed by atoms with Gasteiger partial charge < -0.3 is 14.0 Å². The van der Waals surface area contributed by atoms with Crippen LogP contribution in [-0.2, 0) is 7.05 Å². The van der Waals surface area contributed by atoms with E-state index in [4.69, 9.17) is 9.47 Å². The van der Waals surface area contributed by atoms with E-state index in [-0.39, 0.29) is 11.5 Å². The highest BCUT2D eigenvalue weighted by Crippen LogP contribution is 2.36. The van der Waals surface area contributed by atoms with Gasteiger partial charge in [-0.05, 0) is 42.8 Å². The number of aromatic nitrogens is 1. The predicted molar refractivity (Wildman–Crippen MR) is 118 cm³/mol. The Morgan fingerprint density at radius 3 is 2.65 bits per heavy atom. The number of carbonyl (C=O) groups is 2. The second kappa shape index (κ2) is 7.29. The summed E-state index contributed by atoms with van der Waals surface area (Å²) in [6, 6.07) is 20.0. The van der Waals surface area contributed by atoms with E-state index in [0.29, 0.717) is 22.6 Å². The number of rotatable bonds is 3. The molecular weight excluding hydrogens is 390 g/mol. The van der Waals surface area contributed by atoms with Gasteiger partial charge in [0.15, 0.2) is 5.76 Å². The van der Waals surface area contributed by atoms with Crippen LogP contribution in [0, 0.1) is 6.92 Å². The number of carbonyl (C=O) groups excluding carboxylic acids is 2. The molecule has 1 aliphatic heterocycles. The zero-order valence-electron chi connectivity index (χ0n) is 17.1. The monoisotopic (exact) mass is 409 g/mol. The second-order valence-electron chi connectivity index (χ2n) is 7.51. The van der Waals surface area contributed by atoms with Crippen molar-refractivity contribution in [3.63, 3.8) is 0 Å². The molecule has 5 nitrogen and oxygen atoms in total. The molecule has 0 fully saturated rings. The van der Waals surface area contributed by atoms with E-state index < -0.39 is 5.97 Å². The molecular formula is C26H19NO4. The van der Waals surface area contributed by atoms with E-state index in [2.05, 4.69) is 0 Å². The van der Waals surface area contributed by atoms with E-state index >= 15 is 0 Å². The Morgan fingerprint density at radius 1 is 1.03 bits per heavy atom. The van der Waals surface area contributed by atoms with Crippen LogP contribution in [0.5, 0.6) is 11.5 Å². The Bertz CT molecular complexity index is 1390. The summed E-state index contributed by atoms with van der Waals surface area (Å²) in [5.41, 5.74) is 3.75. The maximum absolute atomic E-state index is 12.8.